The van der Waals surface area contributed by atoms with Crippen molar-refractivity contribution in [1.82, 2.24) is 15.6 Å². The molecule has 0 bridgehead atoms. The molecule has 11 nitrogen and oxygen atoms in total. The van der Waals surface area contributed by atoms with E-state index in [0.29, 0.717) is 13.0 Å². The Balaban J connectivity index is 0.000000384. The van der Waals surface area contributed by atoms with E-state index in [0.717, 1.165) is 33.5 Å². The van der Waals surface area contributed by atoms with Crippen LogP contribution in [0.5, 0.6) is 5.75 Å². The lowest BCUT2D eigenvalue weighted by atomic mass is 9.89. The zero-order valence-electron chi connectivity index (χ0n) is 22.0. The van der Waals surface area contributed by atoms with Gasteiger partial charge in [-0.1, -0.05) is 30.3 Å². The average molecular weight is 618 g/mol. The molecule has 17 heteroatoms. The second-order valence-electron chi connectivity index (χ2n) is 8.95. The minimum absolute atomic E-state index is 0.102. The summed E-state index contributed by atoms with van der Waals surface area (Å²) in [6.07, 6.45) is -9.85. The number of aryl methyl sites for hydroxylation is 1. The molecular weight excluding hydrogens is 594 g/mol. The van der Waals surface area contributed by atoms with Crippen LogP contribution in [0, 0.1) is 6.92 Å². The molecule has 1 saturated heterocycles. The van der Waals surface area contributed by atoms with Crippen LogP contribution in [0.2, 0.25) is 0 Å². The summed E-state index contributed by atoms with van der Waals surface area (Å²) in [7, 11) is 0. The highest BCUT2D eigenvalue weighted by molar-refractivity contribution is 6.02. The molecule has 1 aliphatic heterocycles. The molecule has 6 N–H and O–H groups in total. The topological polar surface area (TPSA) is 181 Å². The highest BCUT2D eigenvalue weighted by Gasteiger charge is 2.40. The molecule has 0 saturated carbocycles. The minimum atomic E-state index is -5.08. The molecule has 1 unspecified atom stereocenters. The maximum atomic E-state index is 12.1. The summed E-state index contributed by atoms with van der Waals surface area (Å²) in [6, 6.07) is 17.0. The number of aliphatic carboxylic acids is 2. The van der Waals surface area contributed by atoms with E-state index in [1.54, 1.807) is 0 Å². The monoisotopic (exact) mass is 618 g/mol. The Bertz CT molecular complexity index is 1460. The number of carboxylic acids is 2. The molecule has 1 aliphatic rings. The molecule has 2 heterocycles. The zero-order valence-corrected chi connectivity index (χ0v) is 22.0. The van der Waals surface area contributed by atoms with Crippen LogP contribution in [0.3, 0.4) is 0 Å². The van der Waals surface area contributed by atoms with Crippen LogP contribution in [-0.4, -0.2) is 63.5 Å². The summed E-state index contributed by atoms with van der Waals surface area (Å²) in [5, 5.41) is 20.1. The molecule has 0 aliphatic carbocycles. The molecule has 1 fully saturated rings. The van der Waals surface area contributed by atoms with Gasteiger partial charge in [-0.2, -0.15) is 26.3 Å². The quantitative estimate of drug-likeness (QED) is 0.268. The number of hydrogen-bond acceptors (Lipinski definition) is 7. The van der Waals surface area contributed by atoms with E-state index in [1.807, 2.05) is 61.5 Å². The van der Waals surface area contributed by atoms with Crippen LogP contribution in [0.25, 0.3) is 10.9 Å². The van der Waals surface area contributed by atoms with Gasteiger partial charge < -0.3 is 26.0 Å². The fourth-order valence-corrected chi connectivity index (χ4v) is 3.48. The maximum absolute atomic E-state index is 12.1. The third-order valence-corrected chi connectivity index (χ3v) is 5.50. The van der Waals surface area contributed by atoms with E-state index >= 15 is 0 Å². The number of nitrogens with one attached hydrogen (secondary N) is 2. The molecule has 0 spiro atoms. The van der Waals surface area contributed by atoms with E-state index in [2.05, 4.69) is 15.6 Å². The third kappa shape index (κ3) is 10.4. The fourth-order valence-electron chi connectivity index (χ4n) is 3.48. The number of carbonyl (C=O) groups is 4. The standard InChI is InChI=1S/C22H22N4O3.2C2HF3O2/c1-14-10-16(18-4-2-3-5-19(18)25-14)12-29-17-8-6-15(7-9-17)11-22(23)13-24-21(28)26-20(22)27;2*3-2(4,5)1(6)7/h2-10H,11-13,23H2,1H3,(H2,24,26,27,28);2*(H,6,7). The molecule has 1 aromatic heterocycles. The van der Waals surface area contributed by atoms with Gasteiger partial charge in [-0.15, -0.1) is 0 Å². The Morgan fingerprint density at radius 2 is 1.51 bits per heavy atom. The Labute approximate surface area is 238 Å². The normalized spacial score (nSPS) is 16.5. The van der Waals surface area contributed by atoms with E-state index < -0.39 is 41.8 Å². The number of carbonyl (C=O) groups excluding carboxylic acids is 2. The van der Waals surface area contributed by atoms with Gasteiger partial charge in [0.2, 0.25) is 5.91 Å². The number of carboxylic acid groups (broad SMARTS) is 2. The highest BCUT2D eigenvalue weighted by Crippen LogP contribution is 2.22. The minimum Gasteiger partial charge on any atom is -0.489 e. The molecule has 43 heavy (non-hydrogen) atoms. The van der Waals surface area contributed by atoms with Gasteiger partial charge >= 0.3 is 30.3 Å². The maximum Gasteiger partial charge on any atom is 0.490 e. The van der Waals surface area contributed by atoms with E-state index in [1.165, 1.54) is 0 Å². The van der Waals surface area contributed by atoms with Crippen LogP contribution in [0.4, 0.5) is 31.1 Å². The van der Waals surface area contributed by atoms with Crippen molar-refractivity contribution in [3.05, 3.63) is 71.4 Å². The second kappa shape index (κ2) is 13.8. The SMILES string of the molecule is Cc1cc(COc2ccc(CC3(N)CNC(=O)NC3=O)cc2)c2ccccc2n1.O=C(O)C(F)(F)F.O=C(O)C(F)(F)F. The van der Waals surface area contributed by atoms with Gasteiger partial charge in [0.1, 0.15) is 17.9 Å². The first-order chi connectivity index (χ1) is 19.8. The largest absolute Gasteiger partial charge is 0.490 e. The van der Waals surface area contributed by atoms with Crippen LogP contribution >= 0.6 is 0 Å². The summed E-state index contributed by atoms with van der Waals surface area (Å²) in [6.45, 7) is 2.50. The lowest BCUT2D eigenvalue weighted by Gasteiger charge is -2.32. The van der Waals surface area contributed by atoms with Gasteiger partial charge in [-0.25, -0.2) is 14.4 Å². The van der Waals surface area contributed by atoms with E-state index in [9.17, 15) is 35.9 Å². The number of amides is 3. The van der Waals surface area contributed by atoms with E-state index in [-0.39, 0.29) is 6.54 Å². The number of ether oxygens (including phenoxy) is 1. The molecule has 2 aromatic carbocycles. The molecule has 0 radical (unpaired) electrons. The number of alkyl halides is 6. The smallest absolute Gasteiger partial charge is 0.489 e. The van der Waals surface area contributed by atoms with E-state index in [4.69, 9.17) is 30.3 Å². The predicted octanol–water partition coefficient (Wildman–Crippen LogP) is 3.47. The van der Waals surface area contributed by atoms with Crippen molar-refractivity contribution >= 4 is 34.8 Å². The van der Waals surface area contributed by atoms with Crippen molar-refractivity contribution in [2.75, 3.05) is 6.54 Å². The summed E-state index contributed by atoms with van der Waals surface area (Å²) < 4.78 is 69.4. The lowest BCUT2D eigenvalue weighted by Crippen LogP contribution is -2.68. The van der Waals surface area contributed by atoms with Crippen LogP contribution in [0.1, 0.15) is 16.8 Å². The van der Waals surface area contributed by atoms with Gasteiger partial charge in [0.15, 0.2) is 0 Å². The number of rotatable bonds is 5. The van der Waals surface area contributed by atoms with Gasteiger partial charge in [-0.05, 0) is 36.8 Å². The van der Waals surface area contributed by atoms with Gasteiger partial charge in [0, 0.05) is 29.6 Å². The summed E-state index contributed by atoms with van der Waals surface area (Å²) in [4.78, 5) is 45.6. The molecule has 1 atom stereocenters. The van der Waals surface area contributed by atoms with Crippen molar-refractivity contribution < 1.29 is 60.5 Å². The fraction of sp³-hybridized carbons (Fsp3) is 0.269. The molecule has 3 aromatic rings. The first kappa shape index (κ1) is 34.3. The number of pyridine rings is 1. The number of imide groups is 1. The number of urea groups is 1. The summed E-state index contributed by atoms with van der Waals surface area (Å²) in [5.74, 6) is -5.26. The Kier molecular flexibility index (Phi) is 11.0. The van der Waals surface area contributed by atoms with Gasteiger partial charge in [0.25, 0.3) is 0 Å². The summed E-state index contributed by atoms with van der Waals surface area (Å²) >= 11 is 0. The zero-order chi connectivity index (χ0) is 32.6. The first-order valence-corrected chi connectivity index (χ1v) is 11.9. The lowest BCUT2D eigenvalue weighted by molar-refractivity contribution is -0.193. The van der Waals surface area contributed by atoms with Gasteiger partial charge in [-0.3, -0.25) is 15.1 Å². The number of halogens is 6. The van der Waals surface area contributed by atoms with Crippen LogP contribution < -0.4 is 21.1 Å². The number of nitrogens with two attached hydrogens (primary N) is 1. The van der Waals surface area contributed by atoms with Crippen LogP contribution in [0.15, 0.2) is 54.6 Å². The van der Waals surface area contributed by atoms with Gasteiger partial charge in [0.05, 0.1) is 5.52 Å². The highest BCUT2D eigenvalue weighted by atomic mass is 19.4. The second-order valence-corrected chi connectivity index (χ2v) is 8.95. The van der Waals surface area contributed by atoms with Crippen molar-refractivity contribution in [3.63, 3.8) is 0 Å². The molecule has 232 valence electrons. The number of hydrogen-bond donors (Lipinski definition) is 5. The average Bonchev–Trinajstić information content (AvgIpc) is 2.90. The molecule has 4 rings (SSSR count). The number of para-hydroxylation sites is 1. The summed E-state index contributed by atoms with van der Waals surface area (Å²) in [5.41, 5.74) is 8.87. The Morgan fingerprint density at radius 3 is 2.02 bits per heavy atom. The molecule has 3 amide bonds. The van der Waals surface area contributed by atoms with Crippen molar-refractivity contribution in [2.24, 2.45) is 5.73 Å². The van der Waals surface area contributed by atoms with Crippen molar-refractivity contribution in [2.45, 2.75) is 37.8 Å². The van der Waals surface area contributed by atoms with Crippen LogP contribution in [-0.2, 0) is 27.4 Å². The first-order valence-electron chi connectivity index (χ1n) is 11.9. The number of nitrogens with zero attached hydrogens (tertiary/aromatic N) is 1. The Hall–Kier alpha value is -4.93. The number of benzene rings is 2. The third-order valence-electron chi connectivity index (χ3n) is 5.50. The number of aromatic nitrogens is 1. The van der Waals surface area contributed by atoms with Crippen molar-refractivity contribution in [1.29, 1.82) is 0 Å². The Morgan fingerprint density at radius 1 is 0.977 bits per heavy atom. The molecular formula is C26H24F6N4O7. The van der Waals surface area contributed by atoms with Crippen molar-refractivity contribution in [3.8, 4) is 5.75 Å². The number of fused-ring (bicyclic) bond motifs is 1. The predicted molar refractivity (Wildman–Crippen MR) is 137 cm³/mol.